The Labute approximate surface area is 123 Å². The van der Waals surface area contributed by atoms with Gasteiger partial charge in [0.25, 0.3) is 0 Å². The van der Waals surface area contributed by atoms with Gasteiger partial charge < -0.3 is 10.3 Å². The second kappa shape index (κ2) is 5.61. The second-order valence-corrected chi connectivity index (χ2v) is 5.21. The van der Waals surface area contributed by atoms with Gasteiger partial charge in [-0.1, -0.05) is 43.3 Å². The molecule has 108 valence electrons. The minimum absolute atomic E-state index is 0.0165. The van der Waals surface area contributed by atoms with E-state index in [1.54, 1.807) is 0 Å². The molecule has 0 radical (unpaired) electrons. The van der Waals surface area contributed by atoms with E-state index in [1.165, 1.54) is 0 Å². The van der Waals surface area contributed by atoms with Gasteiger partial charge in [0, 0.05) is 11.4 Å². The number of pyridine rings is 1. The van der Waals surface area contributed by atoms with Gasteiger partial charge >= 0.3 is 0 Å². The first-order valence-corrected chi connectivity index (χ1v) is 7.14. The van der Waals surface area contributed by atoms with Crippen molar-refractivity contribution in [1.29, 1.82) is 0 Å². The highest BCUT2D eigenvalue weighted by Gasteiger charge is 2.20. The van der Waals surface area contributed by atoms with Crippen molar-refractivity contribution in [3.63, 3.8) is 0 Å². The average molecular weight is 282 g/mol. The zero-order chi connectivity index (χ0) is 14.8. The molecule has 2 heterocycles. The fraction of sp³-hybridized carbons (Fsp3) is 0.312. The summed E-state index contributed by atoms with van der Waals surface area (Å²) in [4.78, 5) is 9.00. The summed E-state index contributed by atoms with van der Waals surface area (Å²) in [6, 6.07) is 11.9. The summed E-state index contributed by atoms with van der Waals surface area (Å²) in [6.07, 6.45) is 0.868. The van der Waals surface area contributed by atoms with Crippen molar-refractivity contribution in [3.8, 4) is 11.5 Å². The SMILES string of the molecule is CCC(N)C(C)c1nc(-c2ccc3ccccc3n2)no1. The van der Waals surface area contributed by atoms with Crippen molar-refractivity contribution < 1.29 is 4.52 Å². The van der Waals surface area contributed by atoms with Crippen molar-refractivity contribution in [1.82, 2.24) is 15.1 Å². The number of rotatable bonds is 4. The molecule has 1 aromatic carbocycles. The zero-order valence-electron chi connectivity index (χ0n) is 12.2. The van der Waals surface area contributed by atoms with Crippen molar-refractivity contribution in [3.05, 3.63) is 42.3 Å². The Morgan fingerprint density at radius 2 is 1.95 bits per heavy atom. The highest BCUT2D eigenvalue weighted by atomic mass is 16.5. The molecular formula is C16H18N4O. The van der Waals surface area contributed by atoms with Gasteiger partial charge in [-0.3, -0.25) is 0 Å². The quantitative estimate of drug-likeness (QED) is 0.795. The molecule has 0 fully saturated rings. The lowest BCUT2D eigenvalue weighted by Gasteiger charge is -2.13. The van der Waals surface area contributed by atoms with E-state index in [4.69, 9.17) is 10.3 Å². The summed E-state index contributed by atoms with van der Waals surface area (Å²) >= 11 is 0. The van der Waals surface area contributed by atoms with E-state index in [9.17, 15) is 0 Å². The van der Waals surface area contributed by atoms with Crippen molar-refractivity contribution >= 4 is 10.9 Å². The van der Waals surface area contributed by atoms with Gasteiger partial charge in [-0.25, -0.2) is 4.98 Å². The molecule has 5 nitrogen and oxygen atoms in total. The Bertz CT molecular complexity index is 753. The van der Waals surface area contributed by atoms with Crippen molar-refractivity contribution in [2.75, 3.05) is 0 Å². The monoisotopic (exact) mass is 282 g/mol. The summed E-state index contributed by atoms with van der Waals surface area (Å²) in [5.41, 5.74) is 7.65. The van der Waals surface area contributed by atoms with Gasteiger partial charge in [0.05, 0.1) is 11.4 Å². The van der Waals surface area contributed by atoms with Crippen LogP contribution >= 0.6 is 0 Å². The molecule has 2 unspecified atom stereocenters. The lowest BCUT2D eigenvalue weighted by molar-refractivity contribution is 0.340. The number of hydrogen-bond donors (Lipinski definition) is 1. The van der Waals surface area contributed by atoms with Crippen LogP contribution in [0.1, 0.15) is 32.1 Å². The number of fused-ring (bicyclic) bond motifs is 1. The average Bonchev–Trinajstić information content (AvgIpc) is 3.02. The van der Waals surface area contributed by atoms with Crippen LogP contribution in [0.5, 0.6) is 0 Å². The van der Waals surface area contributed by atoms with Crippen LogP contribution in [0.15, 0.2) is 40.9 Å². The van der Waals surface area contributed by atoms with E-state index in [2.05, 4.69) is 15.1 Å². The van der Waals surface area contributed by atoms with Crippen LogP contribution in [0.2, 0.25) is 0 Å². The van der Waals surface area contributed by atoms with E-state index in [0.29, 0.717) is 17.4 Å². The fourth-order valence-electron chi connectivity index (χ4n) is 2.25. The normalized spacial score (nSPS) is 14.2. The number of hydrogen-bond acceptors (Lipinski definition) is 5. The molecule has 5 heteroatoms. The van der Waals surface area contributed by atoms with Crippen molar-refractivity contribution in [2.45, 2.75) is 32.2 Å². The van der Waals surface area contributed by atoms with Crippen LogP contribution in [-0.2, 0) is 0 Å². The van der Waals surface area contributed by atoms with E-state index in [-0.39, 0.29) is 12.0 Å². The molecule has 0 aliphatic heterocycles. The number of benzene rings is 1. The maximum atomic E-state index is 6.03. The summed E-state index contributed by atoms with van der Waals surface area (Å²) in [7, 11) is 0. The molecule has 0 aliphatic carbocycles. The Morgan fingerprint density at radius 1 is 1.14 bits per heavy atom. The van der Waals surface area contributed by atoms with E-state index < -0.39 is 0 Å². The summed E-state index contributed by atoms with van der Waals surface area (Å²) < 4.78 is 5.33. The fourth-order valence-corrected chi connectivity index (χ4v) is 2.25. The Morgan fingerprint density at radius 3 is 2.76 bits per heavy atom. The Kier molecular flexibility index (Phi) is 3.66. The van der Waals surface area contributed by atoms with E-state index in [0.717, 1.165) is 17.3 Å². The third-order valence-corrected chi connectivity index (χ3v) is 3.77. The topological polar surface area (TPSA) is 77.8 Å². The van der Waals surface area contributed by atoms with E-state index in [1.807, 2.05) is 50.2 Å². The van der Waals surface area contributed by atoms with Gasteiger partial charge in [0.2, 0.25) is 11.7 Å². The Balaban J connectivity index is 1.94. The standard InChI is InChI=1S/C16H18N4O/c1-3-12(17)10(2)16-19-15(20-21-16)14-9-8-11-6-4-5-7-13(11)18-14/h4-10,12H,3,17H2,1-2H3. The molecule has 0 amide bonds. The summed E-state index contributed by atoms with van der Waals surface area (Å²) in [5.74, 6) is 1.11. The molecule has 0 saturated carbocycles. The number of para-hydroxylation sites is 1. The van der Waals surface area contributed by atoms with Gasteiger partial charge in [-0.05, 0) is 18.6 Å². The molecule has 0 saturated heterocycles. The van der Waals surface area contributed by atoms with Gasteiger partial charge in [-0.15, -0.1) is 0 Å². The zero-order valence-corrected chi connectivity index (χ0v) is 12.2. The first kappa shape index (κ1) is 13.7. The van der Waals surface area contributed by atoms with Crippen LogP contribution in [0.3, 0.4) is 0 Å². The third-order valence-electron chi connectivity index (χ3n) is 3.77. The lowest BCUT2D eigenvalue weighted by Crippen LogP contribution is -2.25. The lowest BCUT2D eigenvalue weighted by atomic mass is 10.0. The maximum Gasteiger partial charge on any atom is 0.231 e. The summed E-state index contributed by atoms with van der Waals surface area (Å²) in [5, 5.41) is 5.12. The van der Waals surface area contributed by atoms with Gasteiger partial charge in [0.15, 0.2) is 0 Å². The molecule has 0 bridgehead atoms. The van der Waals surface area contributed by atoms with Crippen LogP contribution in [0.4, 0.5) is 0 Å². The third kappa shape index (κ3) is 2.64. The molecule has 21 heavy (non-hydrogen) atoms. The maximum absolute atomic E-state index is 6.03. The smallest absolute Gasteiger partial charge is 0.231 e. The number of nitrogens with two attached hydrogens (primary N) is 1. The first-order chi connectivity index (χ1) is 10.2. The van der Waals surface area contributed by atoms with Crippen LogP contribution in [-0.4, -0.2) is 21.2 Å². The molecular weight excluding hydrogens is 264 g/mol. The molecule has 3 aromatic rings. The predicted octanol–water partition coefficient (Wildman–Crippen LogP) is 3.13. The van der Waals surface area contributed by atoms with Crippen LogP contribution < -0.4 is 5.73 Å². The molecule has 2 atom stereocenters. The number of nitrogens with zero attached hydrogens (tertiary/aromatic N) is 3. The first-order valence-electron chi connectivity index (χ1n) is 7.14. The summed E-state index contributed by atoms with van der Waals surface area (Å²) in [6.45, 7) is 4.04. The molecule has 3 rings (SSSR count). The largest absolute Gasteiger partial charge is 0.339 e. The molecule has 0 aliphatic rings. The second-order valence-electron chi connectivity index (χ2n) is 5.21. The van der Waals surface area contributed by atoms with Crippen molar-refractivity contribution in [2.24, 2.45) is 5.73 Å². The van der Waals surface area contributed by atoms with Gasteiger partial charge in [-0.2, -0.15) is 4.98 Å². The molecule has 0 spiro atoms. The molecule has 2 aromatic heterocycles. The van der Waals surface area contributed by atoms with Gasteiger partial charge in [0.1, 0.15) is 5.69 Å². The van der Waals surface area contributed by atoms with Crippen LogP contribution in [0.25, 0.3) is 22.4 Å². The molecule has 2 N–H and O–H groups in total. The highest BCUT2D eigenvalue weighted by Crippen LogP contribution is 2.22. The minimum Gasteiger partial charge on any atom is -0.339 e. The predicted molar refractivity (Wildman–Crippen MR) is 81.7 cm³/mol. The minimum atomic E-state index is 0.0165. The van der Waals surface area contributed by atoms with E-state index >= 15 is 0 Å². The highest BCUT2D eigenvalue weighted by molar-refractivity contribution is 5.80. The Hall–Kier alpha value is -2.27. The number of aromatic nitrogens is 3. The van der Waals surface area contributed by atoms with Crippen LogP contribution in [0, 0.1) is 0 Å².